The van der Waals surface area contributed by atoms with Gasteiger partial charge in [0, 0.05) is 31.6 Å². The fourth-order valence-corrected chi connectivity index (χ4v) is 2.09. The Morgan fingerprint density at radius 3 is 2.78 bits per heavy atom. The van der Waals surface area contributed by atoms with Crippen LogP contribution in [0.5, 0.6) is 0 Å². The van der Waals surface area contributed by atoms with Gasteiger partial charge in [-0.2, -0.15) is 0 Å². The first kappa shape index (κ1) is 15.3. The molecule has 3 heteroatoms. The minimum atomic E-state index is 0.484. The van der Waals surface area contributed by atoms with E-state index in [1.165, 1.54) is 24.8 Å². The highest BCUT2D eigenvalue weighted by molar-refractivity contribution is 5.15. The van der Waals surface area contributed by atoms with Gasteiger partial charge in [0.25, 0.3) is 0 Å². The Hall–Kier alpha value is -0.800. The van der Waals surface area contributed by atoms with E-state index in [4.69, 9.17) is 4.74 Å². The van der Waals surface area contributed by atoms with Crippen molar-refractivity contribution in [3.63, 3.8) is 0 Å². The monoisotopic (exact) mass is 252 g/mol. The summed E-state index contributed by atoms with van der Waals surface area (Å²) in [5, 5.41) is 3.37. The van der Waals surface area contributed by atoms with Crippen LogP contribution < -0.4 is 5.32 Å². The molecular weight excluding hydrogens is 224 g/mol. The Morgan fingerprint density at radius 1 is 1.28 bits per heavy atom. The summed E-state index contributed by atoms with van der Waals surface area (Å²) in [5.74, 6) is 0. The third-order valence-electron chi connectivity index (χ3n) is 3.24. The van der Waals surface area contributed by atoms with E-state index < -0.39 is 0 Å². The lowest BCUT2D eigenvalue weighted by Gasteiger charge is -2.13. The van der Waals surface area contributed by atoms with Crippen molar-refractivity contribution in [1.82, 2.24) is 9.88 Å². The van der Waals surface area contributed by atoms with E-state index in [-0.39, 0.29) is 0 Å². The van der Waals surface area contributed by atoms with Crippen LogP contribution in [0.2, 0.25) is 0 Å². The normalized spacial score (nSPS) is 12.8. The molecule has 0 fully saturated rings. The zero-order chi connectivity index (χ0) is 13.2. The fourth-order valence-electron chi connectivity index (χ4n) is 2.09. The van der Waals surface area contributed by atoms with Crippen molar-refractivity contribution in [2.24, 2.45) is 0 Å². The third-order valence-corrected chi connectivity index (χ3v) is 3.24. The van der Waals surface area contributed by atoms with E-state index in [1.807, 2.05) is 7.05 Å². The molecule has 3 nitrogen and oxygen atoms in total. The van der Waals surface area contributed by atoms with Gasteiger partial charge in [-0.15, -0.1) is 0 Å². The molecule has 1 N–H and O–H groups in total. The summed E-state index contributed by atoms with van der Waals surface area (Å²) in [6, 6.07) is 2.69. The van der Waals surface area contributed by atoms with Gasteiger partial charge in [-0.25, -0.2) is 0 Å². The van der Waals surface area contributed by atoms with Gasteiger partial charge in [0.15, 0.2) is 0 Å². The second-order valence-corrected chi connectivity index (χ2v) is 4.78. The van der Waals surface area contributed by atoms with Gasteiger partial charge in [-0.1, -0.05) is 26.7 Å². The molecule has 1 aromatic heterocycles. The van der Waals surface area contributed by atoms with Crippen molar-refractivity contribution in [2.45, 2.75) is 52.1 Å². The molecule has 18 heavy (non-hydrogen) atoms. The zero-order valence-electron chi connectivity index (χ0n) is 12.1. The summed E-state index contributed by atoms with van der Waals surface area (Å²) in [4.78, 5) is 0. The van der Waals surface area contributed by atoms with Crippen LogP contribution in [0.1, 0.15) is 51.1 Å². The lowest BCUT2D eigenvalue weighted by molar-refractivity contribution is 0.123. The Kier molecular flexibility index (Phi) is 7.78. The quantitative estimate of drug-likeness (QED) is 0.646. The van der Waals surface area contributed by atoms with E-state index in [9.17, 15) is 0 Å². The van der Waals surface area contributed by atoms with Crippen LogP contribution >= 0.6 is 0 Å². The summed E-state index contributed by atoms with van der Waals surface area (Å²) in [6.07, 6.45) is 9.15. The second-order valence-electron chi connectivity index (χ2n) is 4.78. The van der Waals surface area contributed by atoms with Gasteiger partial charge in [0.05, 0.1) is 6.61 Å². The van der Waals surface area contributed by atoms with Crippen LogP contribution in [0.15, 0.2) is 18.5 Å². The van der Waals surface area contributed by atoms with Crippen LogP contribution in [-0.4, -0.2) is 24.8 Å². The van der Waals surface area contributed by atoms with Gasteiger partial charge in [0.1, 0.15) is 0 Å². The first-order valence-electron chi connectivity index (χ1n) is 7.22. The minimum Gasteiger partial charge on any atom is -0.380 e. The van der Waals surface area contributed by atoms with E-state index in [2.05, 4.69) is 42.2 Å². The maximum atomic E-state index is 5.59. The van der Waals surface area contributed by atoms with E-state index in [0.717, 1.165) is 26.2 Å². The van der Waals surface area contributed by atoms with Gasteiger partial charge in [0.2, 0.25) is 0 Å². The van der Waals surface area contributed by atoms with Crippen molar-refractivity contribution in [3.8, 4) is 0 Å². The first-order chi connectivity index (χ1) is 8.81. The standard InChI is InChI=1S/C15H28N2O/c1-4-6-11-18-12-10-17-9-8-14(13-17)15(16-3)7-5-2/h8-9,13,15-16H,4-7,10-12H2,1-3H3. The molecule has 1 aromatic rings. The Balaban J connectivity index is 2.33. The first-order valence-corrected chi connectivity index (χ1v) is 7.22. The number of hydrogen-bond donors (Lipinski definition) is 1. The molecule has 0 bridgehead atoms. The summed E-state index contributed by atoms with van der Waals surface area (Å²) in [6.45, 7) is 7.06. The molecular formula is C15H28N2O. The van der Waals surface area contributed by atoms with Crippen LogP contribution in [0.25, 0.3) is 0 Å². The summed E-state index contributed by atoms with van der Waals surface area (Å²) < 4.78 is 7.81. The molecule has 104 valence electrons. The van der Waals surface area contributed by atoms with Gasteiger partial charge < -0.3 is 14.6 Å². The maximum Gasteiger partial charge on any atom is 0.0645 e. The lowest BCUT2D eigenvalue weighted by Crippen LogP contribution is -2.15. The van der Waals surface area contributed by atoms with Gasteiger partial charge >= 0.3 is 0 Å². The van der Waals surface area contributed by atoms with Crippen molar-refractivity contribution in [3.05, 3.63) is 24.0 Å². The number of nitrogens with one attached hydrogen (secondary N) is 1. The maximum absolute atomic E-state index is 5.59. The number of hydrogen-bond acceptors (Lipinski definition) is 2. The summed E-state index contributed by atoms with van der Waals surface area (Å²) in [7, 11) is 2.03. The average Bonchev–Trinajstić information content (AvgIpc) is 2.84. The second kappa shape index (κ2) is 9.17. The predicted molar refractivity (Wildman–Crippen MR) is 76.9 cm³/mol. The summed E-state index contributed by atoms with van der Waals surface area (Å²) >= 11 is 0. The number of nitrogens with zero attached hydrogens (tertiary/aromatic N) is 1. The predicted octanol–water partition coefficient (Wildman–Crippen LogP) is 3.37. The van der Waals surface area contributed by atoms with E-state index in [0.29, 0.717) is 6.04 Å². The molecule has 0 aromatic carbocycles. The highest BCUT2D eigenvalue weighted by Crippen LogP contribution is 2.18. The van der Waals surface area contributed by atoms with E-state index >= 15 is 0 Å². The smallest absolute Gasteiger partial charge is 0.0645 e. The molecule has 0 spiro atoms. The number of rotatable bonds is 10. The van der Waals surface area contributed by atoms with Crippen molar-refractivity contribution in [1.29, 1.82) is 0 Å². The highest BCUT2D eigenvalue weighted by atomic mass is 16.5. The van der Waals surface area contributed by atoms with E-state index in [1.54, 1.807) is 0 Å². The average molecular weight is 252 g/mol. The molecule has 0 aliphatic carbocycles. The molecule has 1 unspecified atom stereocenters. The largest absolute Gasteiger partial charge is 0.380 e. The number of aromatic nitrogens is 1. The molecule has 1 rings (SSSR count). The number of ether oxygens (including phenoxy) is 1. The lowest BCUT2D eigenvalue weighted by atomic mass is 10.1. The van der Waals surface area contributed by atoms with Gasteiger partial charge in [-0.05, 0) is 31.5 Å². The van der Waals surface area contributed by atoms with Crippen LogP contribution in [-0.2, 0) is 11.3 Å². The van der Waals surface area contributed by atoms with Crippen molar-refractivity contribution < 1.29 is 4.74 Å². The SMILES string of the molecule is CCCCOCCn1ccc(C(CCC)NC)c1. The highest BCUT2D eigenvalue weighted by Gasteiger charge is 2.08. The molecule has 1 atom stereocenters. The van der Waals surface area contributed by atoms with Crippen LogP contribution in [0, 0.1) is 0 Å². The Labute approximate surface area is 112 Å². The third kappa shape index (κ3) is 5.23. The molecule has 1 heterocycles. The molecule has 0 aliphatic rings. The van der Waals surface area contributed by atoms with Gasteiger partial charge in [-0.3, -0.25) is 0 Å². The molecule has 0 aliphatic heterocycles. The molecule has 0 amide bonds. The van der Waals surface area contributed by atoms with Crippen LogP contribution in [0.3, 0.4) is 0 Å². The summed E-state index contributed by atoms with van der Waals surface area (Å²) in [5.41, 5.74) is 1.38. The molecule has 0 saturated carbocycles. The number of unbranched alkanes of at least 4 members (excludes halogenated alkanes) is 1. The molecule has 0 saturated heterocycles. The minimum absolute atomic E-state index is 0.484. The van der Waals surface area contributed by atoms with Crippen molar-refractivity contribution >= 4 is 0 Å². The molecule has 0 radical (unpaired) electrons. The zero-order valence-corrected chi connectivity index (χ0v) is 12.1. The Bertz CT molecular complexity index is 309. The van der Waals surface area contributed by atoms with Crippen molar-refractivity contribution in [2.75, 3.05) is 20.3 Å². The van der Waals surface area contributed by atoms with Crippen LogP contribution in [0.4, 0.5) is 0 Å². The Morgan fingerprint density at radius 2 is 2.11 bits per heavy atom. The topological polar surface area (TPSA) is 26.2 Å². The fraction of sp³-hybridized carbons (Fsp3) is 0.733.